The normalized spacial score (nSPS) is 12.4. The van der Waals surface area contributed by atoms with Crippen LogP contribution in [0.5, 0.6) is 0 Å². The van der Waals surface area contributed by atoms with E-state index in [2.05, 4.69) is 37.5 Å². The number of amides is 1. The molecule has 4 heteroatoms. The van der Waals surface area contributed by atoms with Gasteiger partial charge in [-0.2, -0.15) is 5.48 Å². The summed E-state index contributed by atoms with van der Waals surface area (Å²) >= 11 is 0. The number of carbonyl (C=O) groups excluding carboxylic acids is 1. The van der Waals surface area contributed by atoms with Gasteiger partial charge in [0.25, 0.3) is 0 Å². The first kappa shape index (κ1) is 12.7. The summed E-state index contributed by atoms with van der Waals surface area (Å²) in [6.07, 6.45) is 0. The first-order valence-corrected chi connectivity index (χ1v) is 5.23. The van der Waals surface area contributed by atoms with E-state index in [0.717, 1.165) is 5.56 Å². The first-order valence-electron chi connectivity index (χ1n) is 5.23. The Morgan fingerprint density at radius 3 is 2.75 bits per heavy atom. The molecule has 0 spiro atoms. The van der Waals surface area contributed by atoms with E-state index in [0.29, 0.717) is 0 Å². The highest BCUT2D eigenvalue weighted by molar-refractivity contribution is 5.74. The standard InChI is InChI=1S/C12H18N2O2/c1-8-4-5-11(9(2)6-8)10(3)14-16-7-12(13)15/h4-6,10,14H,7H2,1-3H3,(H2,13,15). The fourth-order valence-corrected chi connectivity index (χ4v) is 1.61. The maximum absolute atomic E-state index is 10.5. The Bertz CT molecular complexity index is 377. The SMILES string of the molecule is Cc1ccc(C(C)NOCC(N)=O)c(C)c1. The van der Waals surface area contributed by atoms with Gasteiger partial charge < -0.3 is 5.73 Å². The summed E-state index contributed by atoms with van der Waals surface area (Å²) in [6.45, 7) is 5.96. The van der Waals surface area contributed by atoms with Crippen molar-refractivity contribution in [1.82, 2.24) is 5.48 Å². The molecule has 0 bridgehead atoms. The van der Waals surface area contributed by atoms with Crippen LogP contribution in [0.4, 0.5) is 0 Å². The molecule has 0 saturated heterocycles. The number of hydrogen-bond donors (Lipinski definition) is 2. The minimum absolute atomic E-state index is 0.0277. The van der Waals surface area contributed by atoms with E-state index in [4.69, 9.17) is 10.6 Å². The molecule has 1 aromatic rings. The second kappa shape index (κ2) is 5.63. The summed E-state index contributed by atoms with van der Waals surface area (Å²) in [5.74, 6) is -0.486. The molecule has 1 rings (SSSR count). The predicted octanol–water partition coefficient (Wildman–Crippen LogP) is 1.37. The Kier molecular flexibility index (Phi) is 4.46. The largest absolute Gasteiger partial charge is 0.368 e. The van der Waals surface area contributed by atoms with Crippen LogP contribution in [0.15, 0.2) is 18.2 Å². The van der Waals surface area contributed by atoms with Gasteiger partial charge in [-0.05, 0) is 31.9 Å². The van der Waals surface area contributed by atoms with Crippen molar-refractivity contribution < 1.29 is 9.63 Å². The average molecular weight is 222 g/mol. The van der Waals surface area contributed by atoms with Gasteiger partial charge in [-0.3, -0.25) is 9.63 Å². The molecule has 88 valence electrons. The van der Waals surface area contributed by atoms with Crippen molar-refractivity contribution in [1.29, 1.82) is 0 Å². The van der Waals surface area contributed by atoms with Crippen LogP contribution in [-0.2, 0) is 9.63 Å². The Labute approximate surface area is 95.7 Å². The van der Waals surface area contributed by atoms with Crippen molar-refractivity contribution in [3.8, 4) is 0 Å². The van der Waals surface area contributed by atoms with E-state index in [1.165, 1.54) is 11.1 Å². The number of nitrogens with two attached hydrogens (primary N) is 1. The zero-order valence-electron chi connectivity index (χ0n) is 9.91. The number of nitrogens with one attached hydrogen (secondary N) is 1. The summed E-state index contributed by atoms with van der Waals surface area (Å²) in [7, 11) is 0. The number of hydroxylamine groups is 1. The Balaban J connectivity index is 2.58. The number of aryl methyl sites for hydroxylation is 2. The van der Waals surface area contributed by atoms with Crippen LogP contribution in [0.2, 0.25) is 0 Å². The molecule has 0 aromatic heterocycles. The molecule has 0 saturated carbocycles. The van der Waals surface area contributed by atoms with E-state index in [1.807, 2.05) is 6.92 Å². The van der Waals surface area contributed by atoms with Crippen molar-refractivity contribution in [3.63, 3.8) is 0 Å². The molecule has 0 fully saturated rings. The topological polar surface area (TPSA) is 64.3 Å². The Morgan fingerprint density at radius 1 is 1.50 bits per heavy atom. The van der Waals surface area contributed by atoms with Crippen LogP contribution >= 0.6 is 0 Å². The van der Waals surface area contributed by atoms with Crippen LogP contribution < -0.4 is 11.2 Å². The van der Waals surface area contributed by atoms with Crippen molar-refractivity contribution >= 4 is 5.91 Å². The molecule has 0 aliphatic rings. The number of hydrogen-bond acceptors (Lipinski definition) is 3. The molecule has 16 heavy (non-hydrogen) atoms. The summed E-state index contributed by atoms with van der Waals surface area (Å²) in [4.78, 5) is 15.5. The second-order valence-corrected chi connectivity index (χ2v) is 3.95. The number of carbonyl (C=O) groups is 1. The highest BCUT2D eigenvalue weighted by Gasteiger charge is 2.08. The third kappa shape index (κ3) is 3.64. The third-order valence-electron chi connectivity index (χ3n) is 2.37. The van der Waals surface area contributed by atoms with E-state index in [1.54, 1.807) is 0 Å². The van der Waals surface area contributed by atoms with Gasteiger partial charge in [0.15, 0.2) is 0 Å². The molecule has 1 atom stereocenters. The minimum Gasteiger partial charge on any atom is -0.368 e. The van der Waals surface area contributed by atoms with Gasteiger partial charge >= 0.3 is 0 Å². The van der Waals surface area contributed by atoms with Crippen molar-refractivity contribution in [3.05, 3.63) is 34.9 Å². The fourth-order valence-electron chi connectivity index (χ4n) is 1.61. The molecule has 3 N–H and O–H groups in total. The van der Waals surface area contributed by atoms with Gasteiger partial charge in [-0.1, -0.05) is 23.8 Å². The summed E-state index contributed by atoms with van der Waals surface area (Å²) < 4.78 is 0. The second-order valence-electron chi connectivity index (χ2n) is 3.95. The molecule has 0 radical (unpaired) electrons. The lowest BCUT2D eigenvalue weighted by molar-refractivity contribution is -0.126. The quantitative estimate of drug-likeness (QED) is 0.739. The average Bonchev–Trinajstić information content (AvgIpc) is 2.16. The summed E-state index contributed by atoms with van der Waals surface area (Å²) in [6, 6.07) is 6.24. The Morgan fingerprint density at radius 2 is 2.19 bits per heavy atom. The predicted molar refractivity (Wildman–Crippen MR) is 62.6 cm³/mol. The zero-order chi connectivity index (χ0) is 12.1. The molecule has 1 unspecified atom stereocenters. The number of rotatable bonds is 5. The van der Waals surface area contributed by atoms with Gasteiger partial charge in [-0.25, -0.2) is 0 Å². The van der Waals surface area contributed by atoms with Crippen LogP contribution in [0, 0.1) is 13.8 Å². The van der Waals surface area contributed by atoms with Gasteiger partial charge in [0, 0.05) is 0 Å². The number of primary amides is 1. The minimum atomic E-state index is -0.486. The van der Waals surface area contributed by atoms with Crippen LogP contribution in [0.25, 0.3) is 0 Å². The van der Waals surface area contributed by atoms with Gasteiger partial charge in [0.05, 0.1) is 6.04 Å². The molecule has 1 amide bonds. The van der Waals surface area contributed by atoms with E-state index < -0.39 is 5.91 Å². The molecule has 0 aliphatic heterocycles. The number of benzene rings is 1. The third-order valence-corrected chi connectivity index (χ3v) is 2.37. The van der Waals surface area contributed by atoms with Crippen molar-refractivity contribution in [2.24, 2.45) is 5.73 Å². The maximum Gasteiger partial charge on any atom is 0.245 e. The van der Waals surface area contributed by atoms with Crippen LogP contribution in [0.1, 0.15) is 29.7 Å². The lowest BCUT2D eigenvalue weighted by Crippen LogP contribution is -2.27. The van der Waals surface area contributed by atoms with Gasteiger partial charge in [0.1, 0.15) is 6.61 Å². The maximum atomic E-state index is 10.5. The molecule has 0 heterocycles. The fraction of sp³-hybridized carbons (Fsp3) is 0.417. The lowest BCUT2D eigenvalue weighted by atomic mass is 10.0. The molecule has 1 aromatic carbocycles. The Hall–Kier alpha value is -1.39. The van der Waals surface area contributed by atoms with Crippen molar-refractivity contribution in [2.75, 3.05) is 6.61 Å². The van der Waals surface area contributed by atoms with E-state index >= 15 is 0 Å². The summed E-state index contributed by atoms with van der Waals surface area (Å²) in [5.41, 5.74) is 11.3. The molecular formula is C12H18N2O2. The van der Waals surface area contributed by atoms with Gasteiger partial charge in [-0.15, -0.1) is 0 Å². The molecule has 4 nitrogen and oxygen atoms in total. The molecule has 0 aliphatic carbocycles. The van der Waals surface area contributed by atoms with Gasteiger partial charge in [0.2, 0.25) is 5.91 Å². The summed E-state index contributed by atoms with van der Waals surface area (Å²) in [5, 5.41) is 0. The lowest BCUT2D eigenvalue weighted by Gasteiger charge is -2.16. The molecular weight excluding hydrogens is 204 g/mol. The monoisotopic (exact) mass is 222 g/mol. The smallest absolute Gasteiger partial charge is 0.245 e. The van der Waals surface area contributed by atoms with Crippen LogP contribution in [0.3, 0.4) is 0 Å². The van der Waals surface area contributed by atoms with E-state index in [9.17, 15) is 4.79 Å². The van der Waals surface area contributed by atoms with Crippen LogP contribution in [-0.4, -0.2) is 12.5 Å². The van der Waals surface area contributed by atoms with Crippen molar-refractivity contribution in [2.45, 2.75) is 26.8 Å². The van der Waals surface area contributed by atoms with E-state index in [-0.39, 0.29) is 12.6 Å². The first-order chi connectivity index (χ1) is 7.50. The highest BCUT2D eigenvalue weighted by Crippen LogP contribution is 2.18. The highest BCUT2D eigenvalue weighted by atomic mass is 16.6. The zero-order valence-corrected chi connectivity index (χ0v) is 9.91.